The molecule has 3 aromatic rings. The molecule has 214 valence electrons. The van der Waals surface area contributed by atoms with Gasteiger partial charge in [0, 0.05) is 29.2 Å². The maximum absolute atomic E-state index is 12.6. The molecule has 0 aliphatic carbocycles. The molecule has 0 saturated heterocycles. The van der Waals surface area contributed by atoms with Gasteiger partial charge in [0.2, 0.25) is 10.0 Å². The van der Waals surface area contributed by atoms with Crippen molar-refractivity contribution in [3.8, 4) is 11.5 Å². The summed E-state index contributed by atoms with van der Waals surface area (Å²) in [6.45, 7) is 7.40. The maximum atomic E-state index is 12.6. The predicted octanol–water partition coefficient (Wildman–Crippen LogP) is 5.43. The van der Waals surface area contributed by atoms with Crippen molar-refractivity contribution in [1.29, 1.82) is 0 Å². The second-order valence-electron chi connectivity index (χ2n) is 10.2. The number of halogens is 1. The number of ether oxygens (including phenoxy) is 2. The van der Waals surface area contributed by atoms with Crippen LogP contribution in [0.3, 0.4) is 0 Å². The van der Waals surface area contributed by atoms with Crippen molar-refractivity contribution < 1.29 is 27.5 Å². The van der Waals surface area contributed by atoms with E-state index in [1.807, 2.05) is 24.3 Å². The monoisotopic (exact) mass is 586 g/mol. The van der Waals surface area contributed by atoms with E-state index in [1.54, 1.807) is 70.2 Å². The summed E-state index contributed by atoms with van der Waals surface area (Å²) in [5, 5.41) is 3.56. The van der Waals surface area contributed by atoms with Crippen LogP contribution >= 0.6 is 11.6 Å². The summed E-state index contributed by atoms with van der Waals surface area (Å²) >= 11 is 5.91. The van der Waals surface area contributed by atoms with Gasteiger partial charge in [0.05, 0.1) is 12.2 Å². The van der Waals surface area contributed by atoms with E-state index in [0.29, 0.717) is 46.2 Å². The first-order valence-electron chi connectivity index (χ1n) is 12.9. The zero-order valence-electron chi connectivity index (χ0n) is 23.1. The fourth-order valence-corrected chi connectivity index (χ4v) is 4.39. The van der Waals surface area contributed by atoms with Gasteiger partial charge in [-0.25, -0.2) is 13.1 Å². The van der Waals surface area contributed by atoms with E-state index in [-0.39, 0.29) is 30.6 Å². The molecule has 8 nitrogen and oxygen atoms in total. The molecule has 0 aliphatic rings. The van der Waals surface area contributed by atoms with Gasteiger partial charge in [-0.05, 0) is 87.7 Å². The summed E-state index contributed by atoms with van der Waals surface area (Å²) in [5.74, 6) is 0.235. The number of benzene rings is 3. The summed E-state index contributed by atoms with van der Waals surface area (Å²) in [5.41, 5.74) is 2.16. The summed E-state index contributed by atoms with van der Waals surface area (Å²) in [4.78, 5) is 24.9. The van der Waals surface area contributed by atoms with Crippen LogP contribution in [-0.2, 0) is 38.9 Å². The van der Waals surface area contributed by atoms with Crippen molar-refractivity contribution in [2.75, 3.05) is 12.3 Å². The average Bonchev–Trinajstić information content (AvgIpc) is 2.89. The SMILES string of the molecule is CCS(=O)(=O)NCc1cc(CC(=O)OC(C)(C)C)ccc1Oc1ccc(C(=O)NCCc2ccc(Cl)cc2)cc1. The lowest BCUT2D eigenvalue weighted by Gasteiger charge is -2.20. The molecule has 3 rings (SSSR count). The molecule has 0 saturated carbocycles. The molecule has 0 aliphatic heterocycles. The molecule has 0 heterocycles. The molecular weight excluding hydrogens is 552 g/mol. The predicted molar refractivity (Wildman–Crippen MR) is 156 cm³/mol. The number of esters is 1. The Morgan fingerprint density at radius 1 is 0.925 bits per heavy atom. The van der Waals surface area contributed by atoms with E-state index >= 15 is 0 Å². The summed E-state index contributed by atoms with van der Waals surface area (Å²) in [6, 6.07) is 19.3. The van der Waals surface area contributed by atoms with Crippen molar-refractivity contribution in [2.45, 2.75) is 52.7 Å². The zero-order chi connectivity index (χ0) is 29.3. The van der Waals surface area contributed by atoms with Gasteiger partial charge in [-0.1, -0.05) is 35.9 Å². The Bertz CT molecular complexity index is 1420. The Kier molecular flexibility index (Phi) is 10.7. The number of amides is 1. The molecule has 40 heavy (non-hydrogen) atoms. The maximum Gasteiger partial charge on any atom is 0.310 e. The standard InChI is InChI=1S/C30H35ClN2O6S/c1-5-40(36,37)33-20-24-18-22(19-28(34)39-30(2,3)4)8-15-27(24)38-26-13-9-23(10-14-26)29(35)32-17-16-21-6-11-25(31)12-7-21/h6-15,18,33H,5,16-17,19-20H2,1-4H3,(H,32,35). The van der Waals surface area contributed by atoms with Gasteiger partial charge in [-0.3, -0.25) is 9.59 Å². The molecule has 2 N–H and O–H groups in total. The normalized spacial score (nSPS) is 11.6. The number of hydrogen-bond donors (Lipinski definition) is 2. The third-order valence-corrected chi connectivity index (χ3v) is 7.31. The molecule has 0 spiro atoms. The minimum atomic E-state index is -3.46. The Morgan fingerprint density at radius 3 is 2.20 bits per heavy atom. The highest BCUT2D eigenvalue weighted by Crippen LogP contribution is 2.27. The molecule has 10 heteroatoms. The van der Waals surface area contributed by atoms with Gasteiger partial charge in [-0.15, -0.1) is 0 Å². The smallest absolute Gasteiger partial charge is 0.310 e. The van der Waals surface area contributed by atoms with Crippen molar-refractivity contribution in [3.05, 3.63) is 94.0 Å². The summed E-state index contributed by atoms with van der Waals surface area (Å²) in [6.07, 6.45) is 0.714. The quantitative estimate of drug-likeness (QED) is 0.274. The van der Waals surface area contributed by atoms with Gasteiger partial charge in [-0.2, -0.15) is 0 Å². The first-order valence-corrected chi connectivity index (χ1v) is 15.0. The van der Waals surface area contributed by atoms with Gasteiger partial charge in [0.25, 0.3) is 5.91 Å². The first-order chi connectivity index (χ1) is 18.8. The number of hydrogen-bond acceptors (Lipinski definition) is 6. The number of carbonyl (C=O) groups is 2. The minimum Gasteiger partial charge on any atom is -0.460 e. The van der Waals surface area contributed by atoms with Crippen LogP contribution in [0.1, 0.15) is 54.7 Å². The molecule has 0 fully saturated rings. The van der Waals surface area contributed by atoms with Crippen molar-refractivity contribution in [2.24, 2.45) is 0 Å². The number of rotatable bonds is 12. The third kappa shape index (κ3) is 10.3. The second kappa shape index (κ2) is 13.8. The van der Waals surface area contributed by atoms with E-state index in [0.717, 1.165) is 5.56 Å². The van der Waals surface area contributed by atoms with Crippen molar-refractivity contribution >= 4 is 33.5 Å². The highest BCUT2D eigenvalue weighted by Gasteiger charge is 2.18. The second-order valence-corrected chi connectivity index (χ2v) is 12.7. The Hall–Kier alpha value is -3.40. The van der Waals surface area contributed by atoms with Gasteiger partial charge in [0.15, 0.2) is 0 Å². The van der Waals surface area contributed by atoms with E-state index in [2.05, 4.69) is 10.0 Å². The van der Waals surface area contributed by atoms with Crippen LogP contribution in [0, 0.1) is 0 Å². The lowest BCUT2D eigenvalue weighted by Crippen LogP contribution is -2.26. The first kappa shape index (κ1) is 31.1. The largest absolute Gasteiger partial charge is 0.460 e. The molecule has 1 amide bonds. The van der Waals surface area contributed by atoms with Crippen LogP contribution < -0.4 is 14.8 Å². The molecular formula is C30H35ClN2O6S. The number of carbonyl (C=O) groups excluding carboxylic acids is 2. The Balaban J connectivity index is 1.68. The number of nitrogens with one attached hydrogen (secondary N) is 2. The average molecular weight is 587 g/mol. The Labute approximate surface area is 241 Å². The van der Waals surface area contributed by atoms with Crippen LogP contribution in [0.5, 0.6) is 11.5 Å². The third-order valence-electron chi connectivity index (χ3n) is 5.71. The lowest BCUT2D eigenvalue weighted by molar-refractivity contribution is -0.153. The molecule has 0 aromatic heterocycles. The van der Waals surface area contributed by atoms with E-state index in [9.17, 15) is 18.0 Å². The van der Waals surface area contributed by atoms with Crippen molar-refractivity contribution in [3.63, 3.8) is 0 Å². The summed E-state index contributed by atoms with van der Waals surface area (Å²) in [7, 11) is -3.46. The van der Waals surface area contributed by atoms with Crippen LogP contribution in [0.15, 0.2) is 66.7 Å². The fourth-order valence-electron chi connectivity index (χ4n) is 3.69. The van der Waals surface area contributed by atoms with Gasteiger partial charge in [0.1, 0.15) is 17.1 Å². The lowest BCUT2D eigenvalue weighted by atomic mass is 10.1. The van der Waals surface area contributed by atoms with E-state index in [1.165, 1.54) is 0 Å². The van der Waals surface area contributed by atoms with E-state index < -0.39 is 15.6 Å². The molecule has 0 radical (unpaired) electrons. The molecule has 0 bridgehead atoms. The molecule has 3 aromatic carbocycles. The van der Waals surface area contributed by atoms with Crippen molar-refractivity contribution in [1.82, 2.24) is 10.0 Å². The molecule has 0 unspecified atom stereocenters. The zero-order valence-corrected chi connectivity index (χ0v) is 24.7. The van der Waals surface area contributed by atoms with E-state index in [4.69, 9.17) is 21.1 Å². The van der Waals surface area contributed by atoms with Crippen LogP contribution in [-0.4, -0.2) is 38.2 Å². The van der Waals surface area contributed by atoms with Crippen LogP contribution in [0.4, 0.5) is 0 Å². The number of sulfonamides is 1. The van der Waals surface area contributed by atoms with Gasteiger partial charge < -0.3 is 14.8 Å². The highest BCUT2D eigenvalue weighted by molar-refractivity contribution is 7.89. The Morgan fingerprint density at radius 2 is 1.57 bits per heavy atom. The van der Waals surface area contributed by atoms with Crippen LogP contribution in [0.25, 0.3) is 0 Å². The fraction of sp³-hybridized carbons (Fsp3) is 0.333. The molecule has 0 atom stereocenters. The topological polar surface area (TPSA) is 111 Å². The highest BCUT2D eigenvalue weighted by atomic mass is 35.5. The summed E-state index contributed by atoms with van der Waals surface area (Å²) < 4.78 is 38.1. The van der Waals surface area contributed by atoms with Gasteiger partial charge >= 0.3 is 5.97 Å². The van der Waals surface area contributed by atoms with Crippen LogP contribution in [0.2, 0.25) is 5.02 Å². The minimum absolute atomic E-state index is 0.0121.